The first-order valence-corrected chi connectivity index (χ1v) is 10.1. The number of pyridine rings is 1. The van der Waals surface area contributed by atoms with Gasteiger partial charge in [0.05, 0.1) is 16.8 Å². The SMILES string of the molecule is CC(C)c1nn(-c2cccc(N(C)C)c2)c2nc(C(=O)O)cc(-c3ccc(N)cc3)c12. The second-order valence-electron chi connectivity index (χ2n) is 8.05. The molecule has 0 aliphatic carbocycles. The van der Waals surface area contributed by atoms with E-state index in [1.54, 1.807) is 10.7 Å². The van der Waals surface area contributed by atoms with E-state index in [4.69, 9.17) is 10.8 Å². The molecule has 0 aliphatic heterocycles. The molecule has 0 unspecified atom stereocenters. The molecule has 7 heteroatoms. The number of anilines is 2. The van der Waals surface area contributed by atoms with Crippen molar-refractivity contribution in [2.24, 2.45) is 0 Å². The van der Waals surface area contributed by atoms with E-state index < -0.39 is 5.97 Å². The van der Waals surface area contributed by atoms with Crippen LogP contribution in [0, 0.1) is 0 Å². The van der Waals surface area contributed by atoms with E-state index in [0.29, 0.717) is 11.3 Å². The van der Waals surface area contributed by atoms with Crippen LogP contribution >= 0.6 is 0 Å². The highest BCUT2D eigenvalue weighted by Gasteiger charge is 2.23. The number of hydrogen-bond donors (Lipinski definition) is 2. The number of rotatable bonds is 5. The molecule has 0 saturated carbocycles. The number of nitrogen functional groups attached to an aromatic ring is 1. The van der Waals surface area contributed by atoms with Crippen LogP contribution in [0.15, 0.2) is 54.6 Å². The molecular formula is C24H25N5O2. The summed E-state index contributed by atoms with van der Waals surface area (Å²) in [6, 6.07) is 16.9. The van der Waals surface area contributed by atoms with Gasteiger partial charge in [-0.1, -0.05) is 32.0 Å². The first-order valence-electron chi connectivity index (χ1n) is 10.1. The highest BCUT2D eigenvalue weighted by atomic mass is 16.4. The normalized spacial score (nSPS) is 11.3. The van der Waals surface area contributed by atoms with E-state index in [1.165, 1.54) is 0 Å². The van der Waals surface area contributed by atoms with Gasteiger partial charge in [-0.15, -0.1) is 0 Å². The summed E-state index contributed by atoms with van der Waals surface area (Å²) in [6.07, 6.45) is 0. The van der Waals surface area contributed by atoms with Gasteiger partial charge in [0, 0.05) is 25.5 Å². The molecule has 2 aromatic carbocycles. The van der Waals surface area contributed by atoms with Crippen molar-refractivity contribution in [1.29, 1.82) is 0 Å². The lowest BCUT2D eigenvalue weighted by Crippen LogP contribution is -2.09. The molecule has 3 N–H and O–H groups in total. The van der Waals surface area contributed by atoms with Crippen molar-refractivity contribution in [2.45, 2.75) is 19.8 Å². The molecule has 158 valence electrons. The fourth-order valence-electron chi connectivity index (χ4n) is 3.63. The Hall–Kier alpha value is -3.87. The first-order chi connectivity index (χ1) is 14.8. The Kier molecular flexibility index (Phi) is 5.10. The van der Waals surface area contributed by atoms with Crippen LogP contribution in [0.25, 0.3) is 27.8 Å². The van der Waals surface area contributed by atoms with Gasteiger partial charge in [0.15, 0.2) is 11.3 Å². The molecule has 0 spiro atoms. The molecule has 0 radical (unpaired) electrons. The minimum Gasteiger partial charge on any atom is -0.477 e. The van der Waals surface area contributed by atoms with Crippen LogP contribution < -0.4 is 10.6 Å². The van der Waals surface area contributed by atoms with Crippen LogP contribution in [0.1, 0.15) is 35.9 Å². The molecule has 31 heavy (non-hydrogen) atoms. The molecule has 0 saturated heterocycles. The van der Waals surface area contributed by atoms with E-state index in [2.05, 4.69) is 18.8 Å². The van der Waals surface area contributed by atoms with Gasteiger partial charge in [0.1, 0.15) is 0 Å². The second kappa shape index (κ2) is 7.75. The van der Waals surface area contributed by atoms with Crippen molar-refractivity contribution >= 4 is 28.4 Å². The highest BCUT2D eigenvalue weighted by molar-refractivity contribution is 6.00. The van der Waals surface area contributed by atoms with Gasteiger partial charge in [-0.2, -0.15) is 5.10 Å². The summed E-state index contributed by atoms with van der Waals surface area (Å²) in [4.78, 5) is 18.4. The van der Waals surface area contributed by atoms with Crippen molar-refractivity contribution in [1.82, 2.24) is 14.8 Å². The Labute approximate surface area is 180 Å². The smallest absolute Gasteiger partial charge is 0.354 e. The molecule has 0 aliphatic rings. The van der Waals surface area contributed by atoms with Crippen LogP contribution in [0.2, 0.25) is 0 Å². The number of aromatic nitrogens is 3. The molecule has 0 atom stereocenters. The Morgan fingerprint density at radius 3 is 2.42 bits per heavy atom. The highest BCUT2D eigenvalue weighted by Crippen LogP contribution is 2.36. The third-order valence-corrected chi connectivity index (χ3v) is 5.24. The number of fused-ring (bicyclic) bond motifs is 1. The van der Waals surface area contributed by atoms with Crippen molar-refractivity contribution in [2.75, 3.05) is 24.7 Å². The average molecular weight is 415 g/mol. The number of benzene rings is 2. The molecule has 7 nitrogen and oxygen atoms in total. The fraction of sp³-hybridized carbons (Fsp3) is 0.208. The maximum atomic E-state index is 11.9. The van der Waals surface area contributed by atoms with Gasteiger partial charge < -0.3 is 15.7 Å². The summed E-state index contributed by atoms with van der Waals surface area (Å²) in [5, 5.41) is 15.5. The fourth-order valence-corrected chi connectivity index (χ4v) is 3.63. The predicted molar refractivity (Wildman–Crippen MR) is 124 cm³/mol. The van der Waals surface area contributed by atoms with E-state index >= 15 is 0 Å². The van der Waals surface area contributed by atoms with Gasteiger partial charge >= 0.3 is 5.97 Å². The number of nitrogens with two attached hydrogens (primary N) is 1. The van der Waals surface area contributed by atoms with Gasteiger partial charge in [-0.05, 0) is 53.4 Å². The summed E-state index contributed by atoms with van der Waals surface area (Å²) in [5.41, 5.74) is 11.3. The molecule has 4 rings (SSSR count). The molecule has 0 fully saturated rings. The van der Waals surface area contributed by atoms with Crippen molar-refractivity contribution in [3.05, 3.63) is 66.0 Å². The molecular weight excluding hydrogens is 390 g/mol. The summed E-state index contributed by atoms with van der Waals surface area (Å²) in [5.74, 6) is -0.967. The number of carbonyl (C=O) groups is 1. The molecule has 2 aromatic heterocycles. The van der Waals surface area contributed by atoms with Crippen LogP contribution in [-0.4, -0.2) is 39.9 Å². The standard InChI is InChI=1S/C24H25N5O2/c1-14(2)22-21-19(15-8-10-16(25)11-9-15)13-20(24(30)31)26-23(21)29(27-22)18-7-5-6-17(12-18)28(3)4/h5-14H,25H2,1-4H3,(H,30,31). The van der Waals surface area contributed by atoms with Crippen LogP contribution in [0.5, 0.6) is 0 Å². The lowest BCUT2D eigenvalue weighted by Gasteiger charge is -2.14. The zero-order chi connectivity index (χ0) is 22.3. The lowest BCUT2D eigenvalue weighted by molar-refractivity contribution is 0.0691. The zero-order valence-electron chi connectivity index (χ0n) is 18.0. The Balaban J connectivity index is 2.09. The van der Waals surface area contributed by atoms with Crippen molar-refractivity contribution in [3.8, 4) is 16.8 Å². The van der Waals surface area contributed by atoms with Gasteiger partial charge in [-0.25, -0.2) is 14.5 Å². The first kappa shape index (κ1) is 20.4. The maximum absolute atomic E-state index is 11.9. The van der Waals surface area contributed by atoms with Crippen LogP contribution in [0.4, 0.5) is 11.4 Å². The maximum Gasteiger partial charge on any atom is 0.354 e. The van der Waals surface area contributed by atoms with Crippen molar-refractivity contribution in [3.63, 3.8) is 0 Å². The number of aromatic carboxylic acids is 1. The molecule has 0 bridgehead atoms. The average Bonchev–Trinajstić information content (AvgIpc) is 3.14. The van der Waals surface area contributed by atoms with Gasteiger partial charge in [0.2, 0.25) is 0 Å². The van der Waals surface area contributed by atoms with Crippen LogP contribution in [-0.2, 0) is 0 Å². The Morgan fingerprint density at radius 1 is 1.10 bits per heavy atom. The summed E-state index contributed by atoms with van der Waals surface area (Å²) < 4.78 is 1.74. The number of carboxylic acids is 1. The summed E-state index contributed by atoms with van der Waals surface area (Å²) in [6.45, 7) is 4.14. The monoisotopic (exact) mass is 415 g/mol. The largest absolute Gasteiger partial charge is 0.477 e. The van der Waals surface area contributed by atoms with E-state index in [-0.39, 0.29) is 11.6 Å². The Morgan fingerprint density at radius 2 is 1.81 bits per heavy atom. The lowest BCUT2D eigenvalue weighted by atomic mass is 9.97. The van der Waals surface area contributed by atoms with E-state index in [9.17, 15) is 9.90 Å². The number of hydrogen-bond acceptors (Lipinski definition) is 5. The number of nitrogens with zero attached hydrogens (tertiary/aromatic N) is 4. The molecule has 0 amide bonds. The minimum atomic E-state index is -1.08. The molecule has 2 heterocycles. The Bertz CT molecular complexity index is 1270. The molecule has 4 aromatic rings. The third-order valence-electron chi connectivity index (χ3n) is 5.24. The van der Waals surface area contributed by atoms with Gasteiger partial charge in [-0.3, -0.25) is 0 Å². The summed E-state index contributed by atoms with van der Waals surface area (Å²) >= 11 is 0. The quantitative estimate of drug-likeness (QED) is 0.464. The minimum absolute atomic E-state index is 0.0282. The van der Waals surface area contributed by atoms with E-state index in [0.717, 1.165) is 33.6 Å². The number of carboxylic acid groups (broad SMARTS) is 1. The van der Waals surface area contributed by atoms with E-state index in [1.807, 2.05) is 67.5 Å². The third kappa shape index (κ3) is 3.70. The van der Waals surface area contributed by atoms with Crippen LogP contribution in [0.3, 0.4) is 0 Å². The topological polar surface area (TPSA) is 97.3 Å². The van der Waals surface area contributed by atoms with Gasteiger partial charge in [0.25, 0.3) is 0 Å². The van der Waals surface area contributed by atoms with Crippen molar-refractivity contribution < 1.29 is 9.90 Å². The summed E-state index contributed by atoms with van der Waals surface area (Å²) in [7, 11) is 3.94. The zero-order valence-corrected chi connectivity index (χ0v) is 18.0. The predicted octanol–water partition coefficient (Wildman–Crippen LogP) is 4.56. The second-order valence-corrected chi connectivity index (χ2v) is 8.05.